The topological polar surface area (TPSA) is 40.5 Å². The summed E-state index contributed by atoms with van der Waals surface area (Å²) in [7, 11) is 0. The van der Waals surface area contributed by atoms with Crippen LogP contribution in [0.4, 0.5) is 0 Å². The lowest BCUT2D eigenvalue weighted by Crippen LogP contribution is -2.37. The van der Waals surface area contributed by atoms with Gasteiger partial charge >= 0.3 is 5.97 Å². The third-order valence-corrected chi connectivity index (χ3v) is 4.59. The molecule has 2 rings (SSSR count). The molecule has 1 aliphatic heterocycles. The second-order valence-corrected chi connectivity index (χ2v) is 5.95. The molecule has 2 atom stereocenters. The van der Waals surface area contributed by atoms with E-state index in [0.29, 0.717) is 18.4 Å². The van der Waals surface area contributed by atoms with Crippen LogP contribution >= 0.6 is 11.3 Å². The van der Waals surface area contributed by atoms with Crippen LogP contribution in [0.15, 0.2) is 16.8 Å². The highest BCUT2D eigenvalue weighted by Crippen LogP contribution is 2.29. The van der Waals surface area contributed by atoms with Gasteiger partial charge in [0.25, 0.3) is 0 Å². The molecule has 18 heavy (non-hydrogen) atoms. The van der Waals surface area contributed by atoms with Gasteiger partial charge in [-0.3, -0.25) is 9.69 Å². The molecule has 0 spiro atoms. The van der Waals surface area contributed by atoms with E-state index in [-0.39, 0.29) is 0 Å². The zero-order valence-electron chi connectivity index (χ0n) is 10.8. The smallest absolute Gasteiger partial charge is 0.303 e. The van der Waals surface area contributed by atoms with Gasteiger partial charge in [-0.1, -0.05) is 0 Å². The van der Waals surface area contributed by atoms with Crippen molar-refractivity contribution >= 4 is 17.3 Å². The van der Waals surface area contributed by atoms with Crippen LogP contribution in [0.1, 0.15) is 44.2 Å². The summed E-state index contributed by atoms with van der Waals surface area (Å²) < 4.78 is 0. The maximum absolute atomic E-state index is 10.6. The predicted octanol–water partition coefficient (Wildman–Crippen LogP) is 3.39. The van der Waals surface area contributed by atoms with Crippen LogP contribution in [0.3, 0.4) is 0 Å². The summed E-state index contributed by atoms with van der Waals surface area (Å²) in [6, 6.07) is 2.65. The fourth-order valence-corrected chi connectivity index (χ4v) is 3.48. The minimum Gasteiger partial charge on any atom is -0.481 e. The highest BCUT2D eigenvalue weighted by molar-refractivity contribution is 7.07. The van der Waals surface area contributed by atoms with Crippen LogP contribution in [0, 0.1) is 5.92 Å². The van der Waals surface area contributed by atoms with E-state index in [1.165, 1.54) is 18.4 Å². The highest BCUT2D eigenvalue weighted by atomic mass is 32.1. The number of hydrogen-bond donors (Lipinski definition) is 1. The fraction of sp³-hybridized carbons (Fsp3) is 0.643. The molecule has 1 fully saturated rings. The first-order valence-corrected chi connectivity index (χ1v) is 7.59. The zero-order chi connectivity index (χ0) is 13.0. The Morgan fingerprint density at radius 2 is 2.50 bits per heavy atom. The van der Waals surface area contributed by atoms with Gasteiger partial charge < -0.3 is 5.11 Å². The molecular weight excluding hydrogens is 246 g/mol. The molecule has 1 aromatic heterocycles. The minimum absolute atomic E-state index is 0.311. The molecule has 3 nitrogen and oxygen atoms in total. The zero-order valence-corrected chi connectivity index (χ0v) is 11.7. The maximum Gasteiger partial charge on any atom is 0.303 e. The quantitative estimate of drug-likeness (QED) is 0.889. The van der Waals surface area contributed by atoms with Gasteiger partial charge in [0.15, 0.2) is 0 Å². The van der Waals surface area contributed by atoms with Crippen LogP contribution in [0.5, 0.6) is 0 Å². The summed E-state index contributed by atoms with van der Waals surface area (Å²) in [6.45, 7) is 4.44. The molecule has 1 aliphatic rings. The largest absolute Gasteiger partial charge is 0.481 e. The van der Waals surface area contributed by atoms with Gasteiger partial charge in [-0.25, -0.2) is 0 Å². The number of hydrogen-bond acceptors (Lipinski definition) is 3. The van der Waals surface area contributed by atoms with Crippen LogP contribution in [0.25, 0.3) is 0 Å². The molecule has 100 valence electrons. The Morgan fingerprint density at radius 3 is 3.17 bits per heavy atom. The van der Waals surface area contributed by atoms with E-state index in [0.717, 1.165) is 19.5 Å². The van der Waals surface area contributed by atoms with Crippen molar-refractivity contribution in [1.82, 2.24) is 4.90 Å². The normalized spacial score (nSPS) is 22.8. The summed E-state index contributed by atoms with van der Waals surface area (Å²) in [5, 5.41) is 13.1. The van der Waals surface area contributed by atoms with E-state index in [1.54, 1.807) is 11.3 Å². The van der Waals surface area contributed by atoms with Crippen molar-refractivity contribution in [3.63, 3.8) is 0 Å². The lowest BCUT2D eigenvalue weighted by atomic mass is 9.92. The van der Waals surface area contributed by atoms with Crippen molar-refractivity contribution in [2.75, 3.05) is 13.1 Å². The van der Waals surface area contributed by atoms with E-state index < -0.39 is 5.97 Å². The standard InChI is InChI=1S/C14H21NO2S/c1-11(13-6-8-18-10-13)15-7-2-3-12(9-15)4-5-14(16)17/h6,8,10-12H,2-5,7,9H2,1H3,(H,16,17). The van der Waals surface area contributed by atoms with Crippen molar-refractivity contribution in [1.29, 1.82) is 0 Å². The number of carbonyl (C=O) groups is 1. The molecule has 0 amide bonds. The second kappa shape index (κ2) is 6.34. The molecule has 0 aromatic carbocycles. The van der Waals surface area contributed by atoms with E-state index >= 15 is 0 Å². The molecule has 2 heterocycles. The first-order chi connectivity index (χ1) is 8.66. The third-order valence-electron chi connectivity index (χ3n) is 3.89. The van der Waals surface area contributed by atoms with Crippen molar-refractivity contribution in [3.8, 4) is 0 Å². The molecule has 0 radical (unpaired) electrons. The number of thiophene rings is 1. The summed E-state index contributed by atoms with van der Waals surface area (Å²) in [5.74, 6) is -0.117. The van der Waals surface area contributed by atoms with Crippen molar-refractivity contribution in [2.45, 2.75) is 38.6 Å². The van der Waals surface area contributed by atoms with Gasteiger partial charge in [0.1, 0.15) is 0 Å². The minimum atomic E-state index is -0.669. The van der Waals surface area contributed by atoms with Gasteiger partial charge in [0, 0.05) is 19.0 Å². The number of aliphatic carboxylic acids is 1. The Balaban J connectivity index is 1.88. The second-order valence-electron chi connectivity index (χ2n) is 5.17. The average Bonchev–Trinajstić information content (AvgIpc) is 2.89. The predicted molar refractivity (Wildman–Crippen MR) is 73.9 cm³/mol. The van der Waals surface area contributed by atoms with Gasteiger partial charge in [0.05, 0.1) is 0 Å². The number of carboxylic acids is 1. The summed E-state index contributed by atoms with van der Waals surface area (Å²) in [5.41, 5.74) is 1.39. The lowest BCUT2D eigenvalue weighted by Gasteiger charge is -2.36. The Kier molecular flexibility index (Phi) is 4.78. The van der Waals surface area contributed by atoms with E-state index in [4.69, 9.17) is 5.11 Å². The first-order valence-electron chi connectivity index (χ1n) is 6.64. The molecule has 0 bridgehead atoms. The number of carboxylic acid groups (broad SMARTS) is 1. The van der Waals surface area contributed by atoms with Gasteiger partial charge in [0.2, 0.25) is 0 Å². The monoisotopic (exact) mass is 267 g/mol. The molecule has 1 saturated heterocycles. The molecule has 4 heteroatoms. The molecule has 1 N–H and O–H groups in total. The molecular formula is C14H21NO2S. The molecule has 0 saturated carbocycles. The van der Waals surface area contributed by atoms with Crippen molar-refractivity contribution < 1.29 is 9.90 Å². The summed E-state index contributed by atoms with van der Waals surface area (Å²) >= 11 is 1.74. The van der Waals surface area contributed by atoms with Crippen LogP contribution in [-0.2, 0) is 4.79 Å². The van der Waals surface area contributed by atoms with Gasteiger partial charge in [-0.15, -0.1) is 0 Å². The average molecular weight is 267 g/mol. The van der Waals surface area contributed by atoms with E-state index in [2.05, 4.69) is 28.7 Å². The Morgan fingerprint density at radius 1 is 1.67 bits per heavy atom. The summed E-state index contributed by atoms with van der Waals surface area (Å²) in [6.07, 6.45) is 3.51. The van der Waals surface area contributed by atoms with Crippen LogP contribution in [-0.4, -0.2) is 29.1 Å². The number of likely N-dealkylation sites (tertiary alicyclic amines) is 1. The maximum atomic E-state index is 10.6. The van der Waals surface area contributed by atoms with E-state index in [9.17, 15) is 4.79 Å². The van der Waals surface area contributed by atoms with Crippen molar-refractivity contribution in [2.24, 2.45) is 5.92 Å². The van der Waals surface area contributed by atoms with Gasteiger partial charge in [-0.05, 0) is 61.0 Å². The fourth-order valence-electron chi connectivity index (χ4n) is 2.74. The molecule has 2 unspecified atom stereocenters. The number of rotatable bonds is 5. The van der Waals surface area contributed by atoms with Crippen molar-refractivity contribution in [3.05, 3.63) is 22.4 Å². The van der Waals surface area contributed by atoms with E-state index in [1.807, 2.05) is 0 Å². The summed E-state index contributed by atoms with van der Waals surface area (Å²) in [4.78, 5) is 13.1. The van der Waals surface area contributed by atoms with Crippen LogP contribution in [0.2, 0.25) is 0 Å². The highest BCUT2D eigenvalue weighted by Gasteiger charge is 2.24. The Labute approximate surface area is 112 Å². The Bertz CT molecular complexity index is 377. The first kappa shape index (κ1) is 13.6. The molecule has 1 aromatic rings. The molecule has 0 aliphatic carbocycles. The van der Waals surface area contributed by atoms with Crippen LogP contribution < -0.4 is 0 Å². The van der Waals surface area contributed by atoms with Gasteiger partial charge in [-0.2, -0.15) is 11.3 Å². The SMILES string of the molecule is CC(c1ccsc1)N1CCCC(CCC(=O)O)C1. The number of nitrogens with zero attached hydrogens (tertiary/aromatic N) is 1. The third kappa shape index (κ3) is 3.56. The lowest BCUT2D eigenvalue weighted by molar-refractivity contribution is -0.137. The Hall–Kier alpha value is -0.870. The number of piperidine rings is 1.